The third-order valence-corrected chi connectivity index (χ3v) is 3.50. The van der Waals surface area contributed by atoms with Crippen molar-refractivity contribution < 1.29 is 4.79 Å². The Morgan fingerprint density at radius 1 is 1.53 bits per heavy atom. The van der Waals surface area contributed by atoms with Crippen LogP contribution in [0.4, 0.5) is 0 Å². The van der Waals surface area contributed by atoms with Crippen LogP contribution in [-0.4, -0.2) is 18.9 Å². The van der Waals surface area contributed by atoms with Gasteiger partial charge in [-0.15, -0.1) is 0 Å². The number of ketones is 1. The minimum absolute atomic E-state index is 0.00234. The third kappa shape index (κ3) is 1.59. The van der Waals surface area contributed by atoms with Crippen LogP contribution < -0.4 is 5.32 Å². The van der Waals surface area contributed by atoms with E-state index in [1.54, 1.807) is 0 Å². The highest BCUT2D eigenvalue weighted by molar-refractivity contribution is 6.03. The van der Waals surface area contributed by atoms with Crippen molar-refractivity contribution >= 4 is 5.78 Å². The summed E-state index contributed by atoms with van der Waals surface area (Å²) in [5, 5.41) is 12.3. The molecule has 15 heavy (non-hydrogen) atoms. The van der Waals surface area contributed by atoms with Crippen LogP contribution in [0.1, 0.15) is 26.7 Å². The zero-order valence-electron chi connectivity index (χ0n) is 9.26. The molecule has 1 aliphatic carbocycles. The van der Waals surface area contributed by atoms with Crippen molar-refractivity contribution in [2.24, 2.45) is 10.8 Å². The molecule has 1 fully saturated rings. The fourth-order valence-electron chi connectivity index (χ4n) is 2.87. The van der Waals surface area contributed by atoms with E-state index in [0.29, 0.717) is 5.57 Å². The van der Waals surface area contributed by atoms with Gasteiger partial charge >= 0.3 is 0 Å². The first kappa shape index (κ1) is 10.4. The summed E-state index contributed by atoms with van der Waals surface area (Å²) < 4.78 is 0. The Morgan fingerprint density at radius 3 is 2.80 bits per heavy atom. The number of hydrogen-bond donors (Lipinski definition) is 1. The minimum Gasteiger partial charge on any atom is -0.316 e. The number of rotatable bonds is 0. The summed E-state index contributed by atoms with van der Waals surface area (Å²) in [5.74, 6) is 0.00234. The molecule has 0 aromatic carbocycles. The normalized spacial score (nSPS) is 33.9. The number of carbonyl (C=O) groups excluding carboxylic acids is 1. The van der Waals surface area contributed by atoms with E-state index in [-0.39, 0.29) is 16.6 Å². The first-order valence-electron chi connectivity index (χ1n) is 5.38. The van der Waals surface area contributed by atoms with E-state index in [4.69, 9.17) is 5.26 Å². The van der Waals surface area contributed by atoms with Crippen molar-refractivity contribution in [3.63, 3.8) is 0 Å². The topological polar surface area (TPSA) is 52.9 Å². The Labute approximate surface area is 90.2 Å². The van der Waals surface area contributed by atoms with Crippen LogP contribution in [0.5, 0.6) is 0 Å². The molecule has 80 valence electrons. The second-order valence-corrected chi connectivity index (χ2v) is 5.35. The van der Waals surface area contributed by atoms with Crippen molar-refractivity contribution in [2.45, 2.75) is 26.7 Å². The first-order valence-corrected chi connectivity index (χ1v) is 5.38. The highest BCUT2D eigenvalue weighted by atomic mass is 16.1. The minimum atomic E-state index is -0.383. The van der Waals surface area contributed by atoms with E-state index in [9.17, 15) is 4.79 Å². The van der Waals surface area contributed by atoms with E-state index < -0.39 is 0 Å². The average molecular weight is 204 g/mol. The molecule has 1 N–H and O–H groups in total. The van der Waals surface area contributed by atoms with Crippen LogP contribution in [-0.2, 0) is 4.79 Å². The third-order valence-electron chi connectivity index (χ3n) is 3.50. The maximum Gasteiger partial charge on any atom is 0.178 e. The van der Waals surface area contributed by atoms with Crippen molar-refractivity contribution in [3.05, 3.63) is 11.6 Å². The Balaban J connectivity index is 2.43. The van der Waals surface area contributed by atoms with Crippen LogP contribution in [0.25, 0.3) is 0 Å². The molecule has 0 radical (unpaired) electrons. The summed E-state index contributed by atoms with van der Waals surface area (Å²) in [7, 11) is 0. The smallest absolute Gasteiger partial charge is 0.178 e. The molecule has 1 heterocycles. The Morgan fingerprint density at radius 2 is 2.27 bits per heavy atom. The van der Waals surface area contributed by atoms with Gasteiger partial charge in [-0.05, 0) is 19.4 Å². The maximum absolute atomic E-state index is 11.9. The fraction of sp³-hybridized carbons (Fsp3) is 0.667. The molecule has 0 saturated carbocycles. The quantitative estimate of drug-likeness (QED) is 0.649. The Bertz CT molecular complexity index is 368. The second-order valence-electron chi connectivity index (χ2n) is 5.35. The van der Waals surface area contributed by atoms with E-state index in [1.807, 2.05) is 26.0 Å². The van der Waals surface area contributed by atoms with Crippen molar-refractivity contribution in [2.75, 3.05) is 13.1 Å². The zero-order chi connectivity index (χ0) is 11.1. The van der Waals surface area contributed by atoms with Gasteiger partial charge in [-0.25, -0.2) is 0 Å². The molecular weight excluding hydrogens is 188 g/mol. The number of allylic oxidation sites excluding steroid dienone is 1. The van der Waals surface area contributed by atoms with Crippen LogP contribution >= 0.6 is 0 Å². The molecule has 1 spiro atoms. The Kier molecular flexibility index (Phi) is 2.20. The van der Waals surface area contributed by atoms with Crippen molar-refractivity contribution in [3.8, 4) is 6.07 Å². The summed E-state index contributed by atoms with van der Waals surface area (Å²) in [6.07, 6.45) is 3.80. The molecule has 2 rings (SSSR count). The summed E-state index contributed by atoms with van der Waals surface area (Å²) in [6.45, 7) is 5.77. The Hall–Kier alpha value is -1.14. The maximum atomic E-state index is 11.9. The van der Waals surface area contributed by atoms with Crippen LogP contribution in [0.3, 0.4) is 0 Å². The number of nitrogens with one attached hydrogen (secondary N) is 1. The molecule has 3 heteroatoms. The second kappa shape index (κ2) is 3.18. The molecule has 1 unspecified atom stereocenters. The number of nitriles is 1. The van der Waals surface area contributed by atoms with Gasteiger partial charge in [0.05, 0.1) is 5.57 Å². The van der Waals surface area contributed by atoms with E-state index in [0.717, 1.165) is 25.9 Å². The highest BCUT2D eigenvalue weighted by Gasteiger charge is 2.46. The van der Waals surface area contributed by atoms with Crippen LogP contribution in [0, 0.1) is 22.2 Å². The van der Waals surface area contributed by atoms with Gasteiger partial charge in [-0.2, -0.15) is 5.26 Å². The van der Waals surface area contributed by atoms with Crippen LogP contribution in [0.15, 0.2) is 11.6 Å². The van der Waals surface area contributed by atoms with Crippen LogP contribution in [0.2, 0.25) is 0 Å². The number of hydrogen-bond acceptors (Lipinski definition) is 3. The van der Waals surface area contributed by atoms with E-state index >= 15 is 0 Å². The first-order chi connectivity index (χ1) is 6.99. The number of nitrogens with zero attached hydrogens (tertiary/aromatic N) is 1. The predicted molar refractivity (Wildman–Crippen MR) is 57.0 cm³/mol. The summed E-state index contributed by atoms with van der Waals surface area (Å²) >= 11 is 0. The van der Waals surface area contributed by atoms with Gasteiger partial charge < -0.3 is 5.32 Å². The van der Waals surface area contributed by atoms with Crippen molar-refractivity contribution in [1.82, 2.24) is 5.32 Å². The standard InChI is InChI=1S/C12H16N2O/c1-11(2)7-12(3-4-14-8-12)5-9(6-13)10(11)15/h5,14H,3-4,7-8H2,1-2H3. The molecule has 0 amide bonds. The summed E-state index contributed by atoms with van der Waals surface area (Å²) in [4.78, 5) is 11.9. The van der Waals surface area contributed by atoms with Gasteiger partial charge in [-0.3, -0.25) is 4.79 Å². The lowest BCUT2D eigenvalue weighted by atomic mass is 9.64. The molecule has 1 atom stereocenters. The molecule has 0 aromatic heterocycles. The van der Waals surface area contributed by atoms with Gasteiger partial charge in [0, 0.05) is 17.4 Å². The zero-order valence-corrected chi connectivity index (χ0v) is 9.26. The molecule has 1 saturated heterocycles. The molecule has 2 aliphatic rings. The predicted octanol–water partition coefficient (Wildman–Crippen LogP) is 1.42. The van der Waals surface area contributed by atoms with E-state index in [1.165, 1.54) is 0 Å². The number of carbonyl (C=O) groups is 1. The summed E-state index contributed by atoms with van der Waals surface area (Å²) in [6, 6.07) is 2.04. The molecule has 0 bridgehead atoms. The van der Waals surface area contributed by atoms with Crippen molar-refractivity contribution in [1.29, 1.82) is 5.26 Å². The van der Waals surface area contributed by atoms with Gasteiger partial charge in [0.1, 0.15) is 6.07 Å². The number of Topliss-reactive ketones (excluding diaryl/α,β-unsaturated/α-hetero) is 1. The lowest BCUT2D eigenvalue weighted by Gasteiger charge is -2.38. The van der Waals surface area contributed by atoms with Gasteiger partial charge in [0.25, 0.3) is 0 Å². The van der Waals surface area contributed by atoms with Gasteiger partial charge in [0.15, 0.2) is 5.78 Å². The fourth-order valence-corrected chi connectivity index (χ4v) is 2.87. The van der Waals surface area contributed by atoms with E-state index in [2.05, 4.69) is 5.32 Å². The summed E-state index contributed by atoms with van der Waals surface area (Å²) in [5.41, 5.74) is 0.0175. The highest BCUT2D eigenvalue weighted by Crippen LogP contribution is 2.45. The molecular formula is C12H16N2O. The van der Waals surface area contributed by atoms with Gasteiger partial charge in [0.2, 0.25) is 0 Å². The van der Waals surface area contributed by atoms with Gasteiger partial charge in [-0.1, -0.05) is 19.9 Å². The largest absolute Gasteiger partial charge is 0.316 e. The molecule has 3 nitrogen and oxygen atoms in total. The molecule has 1 aliphatic heterocycles. The lowest BCUT2D eigenvalue weighted by Crippen LogP contribution is -2.39. The lowest BCUT2D eigenvalue weighted by molar-refractivity contribution is -0.125. The SMILES string of the molecule is CC1(C)CC2(C=C(C#N)C1=O)CCNC2. The average Bonchev–Trinajstić information content (AvgIpc) is 2.59. The molecule has 0 aromatic rings. The monoisotopic (exact) mass is 204 g/mol.